The molecular formula is C21H31N3O4. The number of benzene rings is 1. The second kappa shape index (κ2) is 9.08. The fraction of sp³-hybridized carbons (Fsp3) is 0.571. The Labute approximate surface area is 166 Å². The van der Waals surface area contributed by atoms with Crippen LogP contribution in [0.4, 0.5) is 0 Å². The van der Waals surface area contributed by atoms with E-state index < -0.39 is 17.5 Å². The molecule has 2 rings (SSSR count). The topological polar surface area (TPSA) is 102 Å². The monoisotopic (exact) mass is 389 g/mol. The third-order valence-electron chi connectivity index (χ3n) is 5.71. The number of nitrogens with zero attached hydrogens (tertiary/aromatic N) is 1. The van der Waals surface area contributed by atoms with Crippen LogP contribution in [0.5, 0.6) is 5.75 Å². The van der Waals surface area contributed by atoms with Gasteiger partial charge in [0.15, 0.2) is 0 Å². The molecule has 1 aromatic rings. The molecule has 3 N–H and O–H groups in total. The molecule has 0 spiro atoms. The summed E-state index contributed by atoms with van der Waals surface area (Å²) in [7, 11) is 1.59. The number of primary amides is 1. The quantitative estimate of drug-likeness (QED) is 0.705. The van der Waals surface area contributed by atoms with Gasteiger partial charge in [-0.05, 0) is 43.9 Å². The van der Waals surface area contributed by atoms with Crippen molar-refractivity contribution >= 4 is 17.7 Å². The van der Waals surface area contributed by atoms with E-state index in [4.69, 9.17) is 10.5 Å². The number of carbonyl (C=O) groups is 3. The molecule has 0 radical (unpaired) electrons. The van der Waals surface area contributed by atoms with Gasteiger partial charge >= 0.3 is 0 Å². The van der Waals surface area contributed by atoms with E-state index in [0.717, 1.165) is 11.3 Å². The Morgan fingerprint density at radius 2 is 1.93 bits per heavy atom. The molecule has 1 saturated heterocycles. The number of likely N-dealkylation sites (tertiary alicyclic amines) is 1. The van der Waals surface area contributed by atoms with E-state index in [0.29, 0.717) is 32.2 Å². The Hall–Kier alpha value is -2.57. The second-order valence-corrected chi connectivity index (χ2v) is 7.65. The second-order valence-electron chi connectivity index (χ2n) is 7.65. The average Bonchev–Trinajstić information content (AvgIpc) is 3.09. The number of nitrogens with two attached hydrogens (primary N) is 1. The van der Waals surface area contributed by atoms with Gasteiger partial charge in [0.1, 0.15) is 17.3 Å². The SMILES string of the molecule is CC[C@H](C)C(=O)N[C@@H](Cc1ccc(OC)cc1)C(=O)N1CCC[C@@]1(C)C(N)=O. The van der Waals surface area contributed by atoms with Crippen molar-refractivity contribution in [2.45, 2.75) is 58.0 Å². The van der Waals surface area contributed by atoms with Gasteiger partial charge in [0.2, 0.25) is 17.7 Å². The van der Waals surface area contributed by atoms with Crippen molar-refractivity contribution in [3.63, 3.8) is 0 Å². The molecule has 0 aliphatic carbocycles. The first kappa shape index (κ1) is 21.7. The van der Waals surface area contributed by atoms with Crippen molar-refractivity contribution in [3.8, 4) is 5.75 Å². The molecule has 3 amide bonds. The first-order valence-corrected chi connectivity index (χ1v) is 9.77. The van der Waals surface area contributed by atoms with Gasteiger partial charge in [-0.25, -0.2) is 0 Å². The molecule has 1 fully saturated rings. The molecule has 1 aliphatic heterocycles. The average molecular weight is 389 g/mol. The van der Waals surface area contributed by atoms with Crippen LogP contribution in [0, 0.1) is 5.92 Å². The highest BCUT2D eigenvalue weighted by Crippen LogP contribution is 2.30. The highest BCUT2D eigenvalue weighted by Gasteiger charge is 2.46. The van der Waals surface area contributed by atoms with Crippen molar-refractivity contribution in [1.29, 1.82) is 0 Å². The summed E-state index contributed by atoms with van der Waals surface area (Å²) in [5.74, 6) is -0.446. The van der Waals surface area contributed by atoms with Crippen LogP contribution in [-0.2, 0) is 20.8 Å². The summed E-state index contributed by atoms with van der Waals surface area (Å²) in [5, 5.41) is 2.88. The number of rotatable bonds is 8. The van der Waals surface area contributed by atoms with E-state index >= 15 is 0 Å². The standard InChI is InChI=1S/C21H31N3O4/c1-5-14(2)18(25)23-17(13-15-7-9-16(28-4)10-8-15)19(26)24-12-6-11-21(24,3)20(22)27/h7-10,14,17H,5-6,11-13H2,1-4H3,(H2,22,27)(H,23,25)/t14-,17-,21-/m0/s1. The molecule has 0 saturated carbocycles. The molecule has 7 nitrogen and oxygen atoms in total. The maximum atomic E-state index is 13.3. The Morgan fingerprint density at radius 1 is 1.29 bits per heavy atom. The molecule has 0 unspecified atom stereocenters. The predicted octanol–water partition coefficient (Wildman–Crippen LogP) is 1.64. The van der Waals surface area contributed by atoms with Crippen LogP contribution >= 0.6 is 0 Å². The molecule has 1 aliphatic rings. The molecule has 1 heterocycles. The fourth-order valence-electron chi connectivity index (χ4n) is 3.46. The summed E-state index contributed by atoms with van der Waals surface area (Å²) >= 11 is 0. The van der Waals surface area contributed by atoms with Gasteiger partial charge in [0, 0.05) is 18.9 Å². The van der Waals surface area contributed by atoms with Gasteiger partial charge in [-0.15, -0.1) is 0 Å². The summed E-state index contributed by atoms with van der Waals surface area (Å²) in [6.45, 7) is 5.90. The van der Waals surface area contributed by atoms with Crippen molar-refractivity contribution in [3.05, 3.63) is 29.8 Å². The Balaban J connectivity index is 2.27. The van der Waals surface area contributed by atoms with E-state index in [1.54, 1.807) is 14.0 Å². The van der Waals surface area contributed by atoms with Gasteiger partial charge in [-0.3, -0.25) is 14.4 Å². The van der Waals surface area contributed by atoms with Gasteiger partial charge in [-0.1, -0.05) is 26.0 Å². The number of carbonyl (C=O) groups excluding carboxylic acids is 3. The molecule has 0 bridgehead atoms. The number of methoxy groups -OCH3 is 1. The Kier molecular flexibility index (Phi) is 7.05. The van der Waals surface area contributed by atoms with Crippen LogP contribution in [0.15, 0.2) is 24.3 Å². The zero-order valence-electron chi connectivity index (χ0n) is 17.2. The third-order valence-corrected chi connectivity index (χ3v) is 5.71. The van der Waals surface area contributed by atoms with Crippen LogP contribution in [0.1, 0.15) is 45.6 Å². The van der Waals surface area contributed by atoms with Crippen molar-refractivity contribution in [1.82, 2.24) is 10.2 Å². The summed E-state index contributed by atoms with van der Waals surface area (Å²) < 4.78 is 5.17. The minimum atomic E-state index is -1.02. The smallest absolute Gasteiger partial charge is 0.246 e. The molecule has 7 heteroatoms. The highest BCUT2D eigenvalue weighted by molar-refractivity contribution is 5.94. The van der Waals surface area contributed by atoms with Crippen molar-refractivity contribution in [2.75, 3.05) is 13.7 Å². The number of ether oxygens (including phenoxy) is 1. The van der Waals surface area contributed by atoms with Crippen LogP contribution in [0.2, 0.25) is 0 Å². The van der Waals surface area contributed by atoms with Gasteiger partial charge in [-0.2, -0.15) is 0 Å². The van der Waals surface area contributed by atoms with Gasteiger partial charge in [0.05, 0.1) is 7.11 Å². The number of hydrogen-bond acceptors (Lipinski definition) is 4. The lowest BCUT2D eigenvalue weighted by Crippen LogP contribution is -2.59. The molecule has 1 aromatic carbocycles. The fourth-order valence-corrected chi connectivity index (χ4v) is 3.46. The van der Waals surface area contributed by atoms with E-state index in [9.17, 15) is 14.4 Å². The zero-order chi connectivity index (χ0) is 20.9. The lowest BCUT2D eigenvalue weighted by molar-refractivity contribution is -0.145. The predicted molar refractivity (Wildman–Crippen MR) is 107 cm³/mol. The van der Waals surface area contributed by atoms with E-state index in [1.165, 1.54) is 4.90 Å². The first-order valence-electron chi connectivity index (χ1n) is 9.77. The normalized spacial score (nSPS) is 21.1. The van der Waals surface area contributed by atoms with Crippen LogP contribution in [0.25, 0.3) is 0 Å². The van der Waals surface area contributed by atoms with E-state index in [2.05, 4.69) is 5.32 Å². The molecule has 154 valence electrons. The molecular weight excluding hydrogens is 358 g/mol. The van der Waals surface area contributed by atoms with Gasteiger partial charge < -0.3 is 20.7 Å². The Morgan fingerprint density at radius 3 is 2.46 bits per heavy atom. The maximum absolute atomic E-state index is 13.3. The van der Waals surface area contributed by atoms with Gasteiger partial charge in [0.25, 0.3) is 0 Å². The summed E-state index contributed by atoms with van der Waals surface area (Å²) in [4.78, 5) is 39.3. The summed E-state index contributed by atoms with van der Waals surface area (Å²) in [6, 6.07) is 6.61. The van der Waals surface area contributed by atoms with Crippen LogP contribution < -0.4 is 15.8 Å². The lowest BCUT2D eigenvalue weighted by Gasteiger charge is -2.35. The summed E-state index contributed by atoms with van der Waals surface area (Å²) in [5.41, 5.74) is 5.46. The minimum Gasteiger partial charge on any atom is -0.497 e. The first-order chi connectivity index (χ1) is 13.2. The van der Waals surface area contributed by atoms with Crippen LogP contribution in [-0.4, -0.2) is 47.9 Å². The Bertz CT molecular complexity index is 719. The number of nitrogens with one attached hydrogen (secondary N) is 1. The third kappa shape index (κ3) is 4.64. The van der Waals surface area contributed by atoms with E-state index in [-0.39, 0.29) is 17.7 Å². The zero-order valence-corrected chi connectivity index (χ0v) is 17.2. The van der Waals surface area contributed by atoms with Crippen molar-refractivity contribution in [2.24, 2.45) is 11.7 Å². The highest BCUT2D eigenvalue weighted by atomic mass is 16.5. The lowest BCUT2D eigenvalue weighted by atomic mass is 9.96. The summed E-state index contributed by atoms with van der Waals surface area (Å²) in [6.07, 6.45) is 2.25. The number of hydrogen-bond donors (Lipinski definition) is 2. The van der Waals surface area contributed by atoms with E-state index in [1.807, 2.05) is 38.1 Å². The van der Waals surface area contributed by atoms with Crippen molar-refractivity contribution < 1.29 is 19.1 Å². The molecule has 3 atom stereocenters. The molecule has 28 heavy (non-hydrogen) atoms. The number of amides is 3. The largest absolute Gasteiger partial charge is 0.497 e. The maximum Gasteiger partial charge on any atom is 0.246 e. The minimum absolute atomic E-state index is 0.172. The molecule has 0 aromatic heterocycles. The van der Waals surface area contributed by atoms with Crippen LogP contribution in [0.3, 0.4) is 0 Å².